The summed E-state index contributed by atoms with van der Waals surface area (Å²) in [6.45, 7) is 7.98. The first-order chi connectivity index (χ1) is 10.5. The van der Waals surface area contributed by atoms with E-state index in [1.807, 2.05) is 12.1 Å². The van der Waals surface area contributed by atoms with Gasteiger partial charge >= 0.3 is 0 Å². The van der Waals surface area contributed by atoms with Crippen molar-refractivity contribution in [2.45, 2.75) is 51.6 Å². The van der Waals surface area contributed by atoms with Crippen molar-refractivity contribution >= 4 is 11.6 Å². The van der Waals surface area contributed by atoms with E-state index >= 15 is 0 Å². The van der Waals surface area contributed by atoms with Crippen molar-refractivity contribution < 1.29 is 0 Å². The average molecular weight is 323 g/mol. The van der Waals surface area contributed by atoms with Gasteiger partial charge in [-0.15, -0.1) is 0 Å². The van der Waals surface area contributed by atoms with Crippen LogP contribution in [0.3, 0.4) is 0 Å². The Labute approximate surface area is 141 Å². The van der Waals surface area contributed by atoms with E-state index in [0.717, 1.165) is 17.5 Å². The third-order valence-corrected chi connectivity index (χ3v) is 5.94. The summed E-state index contributed by atoms with van der Waals surface area (Å²) in [4.78, 5) is 2.43. The number of nitrogens with zero attached hydrogens (tertiary/aromatic N) is 1. The molecular formula is C19H31ClN2. The fourth-order valence-electron chi connectivity index (χ4n) is 4.50. The molecule has 1 fully saturated rings. The molecule has 2 nitrogen and oxygen atoms in total. The van der Waals surface area contributed by atoms with Gasteiger partial charge in [-0.05, 0) is 63.0 Å². The summed E-state index contributed by atoms with van der Waals surface area (Å²) >= 11 is 6.12. The molecule has 0 saturated heterocycles. The second-order valence-corrected chi connectivity index (χ2v) is 7.39. The lowest BCUT2D eigenvalue weighted by Crippen LogP contribution is -2.63. The van der Waals surface area contributed by atoms with Gasteiger partial charge in [-0.2, -0.15) is 0 Å². The van der Waals surface area contributed by atoms with Crippen LogP contribution in [-0.2, 0) is 5.54 Å². The topological polar surface area (TPSA) is 15.3 Å². The van der Waals surface area contributed by atoms with Crippen LogP contribution in [0.15, 0.2) is 24.3 Å². The van der Waals surface area contributed by atoms with Gasteiger partial charge in [0.1, 0.15) is 0 Å². The quantitative estimate of drug-likeness (QED) is 0.856. The molecule has 1 aromatic carbocycles. The number of benzene rings is 1. The fourth-order valence-corrected chi connectivity index (χ4v) is 4.63. The Hall–Kier alpha value is -0.570. The summed E-state index contributed by atoms with van der Waals surface area (Å²) in [5.41, 5.74) is 1.44. The van der Waals surface area contributed by atoms with Crippen molar-refractivity contribution in [1.29, 1.82) is 0 Å². The standard InChI is InChI=1S/C19H31ClN2/c1-6-17-14(3)12-13-19(22(4)5,18(17)21-7-2)15-8-10-16(20)11-9-15/h8-11,14,17-18,21H,6-7,12-13H2,1-5H3. The molecule has 2 rings (SSSR count). The van der Waals surface area contributed by atoms with Gasteiger partial charge in [-0.1, -0.05) is 50.9 Å². The first-order valence-electron chi connectivity index (χ1n) is 8.64. The van der Waals surface area contributed by atoms with Gasteiger partial charge in [-0.3, -0.25) is 4.90 Å². The number of rotatable bonds is 5. The lowest BCUT2D eigenvalue weighted by molar-refractivity contribution is -0.000898. The maximum atomic E-state index is 6.12. The van der Waals surface area contributed by atoms with Crippen LogP contribution < -0.4 is 5.32 Å². The summed E-state index contributed by atoms with van der Waals surface area (Å²) in [5, 5.41) is 4.64. The summed E-state index contributed by atoms with van der Waals surface area (Å²) in [6.07, 6.45) is 3.69. The number of halogens is 1. The lowest BCUT2D eigenvalue weighted by atomic mass is 9.62. The van der Waals surface area contributed by atoms with Gasteiger partial charge in [0, 0.05) is 11.1 Å². The van der Waals surface area contributed by atoms with Crippen LogP contribution in [0.4, 0.5) is 0 Å². The summed E-state index contributed by atoms with van der Waals surface area (Å²) < 4.78 is 0. The smallest absolute Gasteiger partial charge is 0.0612 e. The van der Waals surface area contributed by atoms with Gasteiger partial charge in [0.25, 0.3) is 0 Å². The predicted molar refractivity (Wildman–Crippen MR) is 96.5 cm³/mol. The summed E-state index contributed by atoms with van der Waals surface area (Å²) in [7, 11) is 4.45. The molecule has 0 heterocycles. The van der Waals surface area contributed by atoms with Crippen LogP contribution >= 0.6 is 11.6 Å². The largest absolute Gasteiger partial charge is 0.312 e. The molecule has 1 aromatic rings. The maximum absolute atomic E-state index is 6.12. The van der Waals surface area contributed by atoms with Crippen LogP contribution in [0.2, 0.25) is 5.02 Å². The van der Waals surface area contributed by atoms with E-state index in [-0.39, 0.29) is 5.54 Å². The Morgan fingerprint density at radius 2 is 1.86 bits per heavy atom. The zero-order chi connectivity index (χ0) is 16.3. The summed E-state index contributed by atoms with van der Waals surface area (Å²) in [6, 6.07) is 8.97. The van der Waals surface area contributed by atoms with E-state index in [4.69, 9.17) is 11.6 Å². The van der Waals surface area contributed by atoms with E-state index in [2.05, 4.69) is 57.2 Å². The van der Waals surface area contributed by atoms with Crippen LogP contribution in [0.25, 0.3) is 0 Å². The Kier molecular flexibility index (Phi) is 5.93. The molecule has 0 amide bonds. The van der Waals surface area contributed by atoms with Crippen LogP contribution in [-0.4, -0.2) is 31.6 Å². The molecule has 0 aliphatic heterocycles. The normalized spacial score (nSPS) is 32.4. The molecule has 3 heteroatoms. The Morgan fingerprint density at radius 3 is 2.36 bits per heavy atom. The molecule has 1 aliphatic rings. The molecule has 0 radical (unpaired) electrons. The first-order valence-corrected chi connectivity index (χ1v) is 9.02. The van der Waals surface area contributed by atoms with Gasteiger partial charge in [-0.25, -0.2) is 0 Å². The highest BCUT2D eigenvalue weighted by Crippen LogP contribution is 2.47. The first kappa shape index (κ1) is 17.8. The number of hydrogen-bond acceptors (Lipinski definition) is 2. The minimum atomic E-state index is 0.0494. The van der Waals surface area contributed by atoms with Gasteiger partial charge in [0.2, 0.25) is 0 Å². The highest BCUT2D eigenvalue weighted by atomic mass is 35.5. The Morgan fingerprint density at radius 1 is 1.23 bits per heavy atom. The van der Waals surface area contributed by atoms with Crippen molar-refractivity contribution in [2.24, 2.45) is 11.8 Å². The Balaban J connectivity index is 2.52. The molecule has 1 aliphatic carbocycles. The van der Waals surface area contributed by atoms with Crippen LogP contribution in [0.1, 0.15) is 45.6 Å². The van der Waals surface area contributed by atoms with E-state index in [0.29, 0.717) is 12.0 Å². The zero-order valence-corrected chi connectivity index (χ0v) is 15.5. The monoisotopic (exact) mass is 322 g/mol. The Bertz CT molecular complexity index is 471. The molecule has 4 atom stereocenters. The van der Waals surface area contributed by atoms with E-state index in [1.54, 1.807) is 0 Å². The van der Waals surface area contributed by atoms with E-state index in [1.165, 1.54) is 24.8 Å². The predicted octanol–water partition coefficient (Wildman–Crippen LogP) is 4.53. The molecular weight excluding hydrogens is 292 g/mol. The highest BCUT2D eigenvalue weighted by Gasteiger charge is 2.49. The second kappa shape index (κ2) is 7.33. The molecule has 1 N–H and O–H groups in total. The van der Waals surface area contributed by atoms with Gasteiger partial charge in [0.05, 0.1) is 5.54 Å². The van der Waals surface area contributed by atoms with Gasteiger partial charge < -0.3 is 5.32 Å². The third-order valence-electron chi connectivity index (χ3n) is 5.69. The number of nitrogens with one attached hydrogen (secondary N) is 1. The second-order valence-electron chi connectivity index (χ2n) is 6.95. The van der Waals surface area contributed by atoms with Crippen molar-refractivity contribution in [3.05, 3.63) is 34.9 Å². The molecule has 0 aromatic heterocycles. The van der Waals surface area contributed by atoms with Crippen molar-refractivity contribution in [1.82, 2.24) is 10.2 Å². The molecule has 1 saturated carbocycles. The molecule has 124 valence electrons. The van der Waals surface area contributed by atoms with E-state index in [9.17, 15) is 0 Å². The van der Waals surface area contributed by atoms with Gasteiger partial charge in [0.15, 0.2) is 0 Å². The fraction of sp³-hybridized carbons (Fsp3) is 0.684. The zero-order valence-electron chi connectivity index (χ0n) is 14.7. The molecule has 0 spiro atoms. The van der Waals surface area contributed by atoms with E-state index < -0.39 is 0 Å². The van der Waals surface area contributed by atoms with Crippen molar-refractivity contribution in [3.8, 4) is 0 Å². The summed E-state index contributed by atoms with van der Waals surface area (Å²) in [5.74, 6) is 1.47. The SMILES string of the molecule is CCNC1C(CC)C(C)CCC1(c1ccc(Cl)cc1)N(C)C. The number of hydrogen-bond donors (Lipinski definition) is 1. The van der Waals surface area contributed by atoms with Crippen LogP contribution in [0, 0.1) is 11.8 Å². The molecule has 4 unspecified atom stereocenters. The lowest BCUT2D eigenvalue weighted by Gasteiger charge is -2.54. The van der Waals surface area contributed by atoms with Crippen molar-refractivity contribution in [3.63, 3.8) is 0 Å². The van der Waals surface area contributed by atoms with Crippen LogP contribution in [0.5, 0.6) is 0 Å². The number of likely N-dealkylation sites (N-methyl/N-ethyl adjacent to an activating group) is 2. The van der Waals surface area contributed by atoms with Crippen molar-refractivity contribution in [2.75, 3.05) is 20.6 Å². The molecule has 0 bridgehead atoms. The minimum absolute atomic E-state index is 0.0494. The highest BCUT2D eigenvalue weighted by molar-refractivity contribution is 6.30. The third kappa shape index (κ3) is 3.06. The minimum Gasteiger partial charge on any atom is -0.312 e. The molecule has 22 heavy (non-hydrogen) atoms. The maximum Gasteiger partial charge on any atom is 0.0612 e. The average Bonchev–Trinajstić information content (AvgIpc) is 2.49.